The Hall–Kier alpha value is -1.62. The van der Waals surface area contributed by atoms with Crippen molar-refractivity contribution in [1.82, 2.24) is 9.80 Å². The molecule has 1 saturated heterocycles. The molecule has 1 unspecified atom stereocenters. The first-order chi connectivity index (χ1) is 9.54. The van der Waals surface area contributed by atoms with Crippen molar-refractivity contribution in [3.8, 4) is 0 Å². The number of nitrogens with one attached hydrogen (secondary N) is 1. The Morgan fingerprint density at radius 3 is 2.85 bits per heavy atom. The Balaban J connectivity index is 2.28. The predicted molar refractivity (Wildman–Crippen MR) is 78.6 cm³/mol. The number of likely N-dealkylation sites (N-methyl/N-ethyl adjacent to an activating group) is 1. The Labute approximate surface area is 119 Å². The van der Waals surface area contributed by atoms with E-state index in [1.165, 1.54) is 6.07 Å². The molecule has 1 aromatic carbocycles. The molecule has 1 aliphatic heterocycles. The van der Waals surface area contributed by atoms with Gasteiger partial charge in [-0.05, 0) is 39.1 Å². The summed E-state index contributed by atoms with van der Waals surface area (Å²) in [5, 5.41) is 2.79. The summed E-state index contributed by atoms with van der Waals surface area (Å²) in [6, 6.07) is 4.75. The number of rotatable bonds is 2. The molecule has 1 atom stereocenters. The van der Waals surface area contributed by atoms with Crippen LogP contribution in [0.4, 0.5) is 10.1 Å². The molecule has 1 heterocycles. The largest absolute Gasteiger partial charge is 0.385 e. The lowest BCUT2D eigenvalue weighted by molar-refractivity contribution is 0.0697. The van der Waals surface area contributed by atoms with Crippen LogP contribution in [0.5, 0.6) is 0 Å². The van der Waals surface area contributed by atoms with Crippen LogP contribution in [0.15, 0.2) is 18.2 Å². The van der Waals surface area contributed by atoms with Crippen LogP contribution in [-0.4, -0.2) is 55.5 Å². The van der Waals surface area contributed by atoms with Crippen LogP contribution in [0.2, 0.25) is 0 Å². The van der Waals surface area contributed by atoms with Crippen LogP contribution >= 0.6 is 0 Å². The van der Waals surface area contributed by atoms with Crippen LogP contribution in [-0.2, 0) is 0 Å². The summed E-state index contributed by atoms with van der Waals surface area (Å²) >= 11 is 0. The average Bonchev–Trinajstić information content (AvgIpc) is 2.58. The highest BCUT2D eigenvalue weighted by Crippen LogP contribution is 2.22. The third kappa shape index (κ3) is 2.93. The molecule has 1 N–H and O–H groups in total. The minimum absolute atomic E-state index is 0.100. The standard InChI is InChI=1S/C15H22FN3O/c1-11-10-18(3)8-5-9-19(11)15(20)12-6-4-7-13(16)14(12)17-2/h4,6-7,11,17H,5,8-10H2,1-3H3. The van der Waals surface area contributed by atoms with Gasteiger partial charge in [0.25, 0.3) is 5.91 Å². The van der Waals surface area contributed by atoms with Crippen molar-refractivity contribution in [1.29, 1.82) is 0 Å². The van der Waals surface area contributed by atoms with Gasteiger partial charge in [0.2, 0.25) is 0 Å². The normalized spacial score (nSPS) is 20.6. The fraction of sp³-hybridized carbons (Fsp3) is 0.533. The molecular formula is C15H22FN3O. The predicted octanol–water partition coefficient (Wildman–Crippen LogP) is 2.03. The quantitative estimate of drug-likeness (QED) is 0.900. The Morgan fingerprint density at radius 1 is 1.40 bits per heavy atom. The van der Waals surface area contributed by atoms with E-state index < -0.39 is 5.82 Å². The number of halogens is 1. The van der Waals surface area contributed by atoms with Crippen molar-refractivity contribution in [3.63, 3.8) is 0 Å². The molecule has 0 spiro atoms. The van der Waals surface area contributed by atoms with Crippen LogP contribution in [0.1, 0.15) is 23.7 Å². The van der Waals surface area contributed by atoms with Crippen molar-refractivity contribution in [2.45, 2.75) is 19.4 Å². The fourth-order valence-corrected chi connectivity index (χ4v) is 2.79. The highest BCUT2D eigenvalue weighted by molar-refractivity contribution is 5.99. The summed E-state index contributed by atoms with van der Waals surface area (Å²) in [5.74, 6) is -0.491. The van der Waals surface area contributed by atoms with E-state index in [2.05, 4.69) is 17.3 Å². The summed E-state index contributed by atoms with van der Waals surface area (Å²) < 4.78 is 13.8. The van der Waals surface area contributed by atoms with Crippen LogP contribution in [0, 0.1) is 5.82 Å². The molecule has 0 saturated carbocycles. The minimum Gasteiger partial charge on any atom is -0.385 e. The van der Waals surface area contributed by atoms with Gasteiger partial charge < -0.3 is 15.1 Å². The second-order valence-electron chi connectivity index (χ2n) is 5.38. The van der Waals surface area contributed by atoms with Gasteiger partial charge in [-0.1, -0.05) is 6.07 Å². The van der Waals surface area contributed by atoms with E-state index in [1.54, 1.807) is 19.2 Å². The molecule has 1 aliphatic rings. The number of carbonyl (C=O) groups excluding carboxylic acids is 1. The molecule has 0 bridgehead atoms. The van der Waals surface area contributed by atoms with Gasteiger partial charge in [-0.3, -0.25) is 4.79 Å². The minimum atomic E-state index is -0.391. The molecular weight excluding hydrogens is 257 g/mol. The van der Waals surface area contributed by atoms with E-state index in [0.29, 0.717) is 12.1 Å². The Bertz CT molecular complexity index is 492. The number of carbonyl (C=O) groups is 1. The molecule has 0 aliphatic carbocycles. The second kappa shape index (κ2) is 6.22. The van der Waals surface area contributed by atoms with Gasteiger partial charge in [-0.2, -0.15) is 0 Å². The summed E-state index contributed by atoms with van der Waals surface area (Å²) in [4.78, 5) is 16.8. The van der Waals surface area contributed by atoms with Crippen molar-refractivity contribution in [2.24, 2.45) is 0 Å². The van der Waals surface area contributed by atoms with E-state index >= 15 is 0 Å². The second-order valence-corrected chi connectivity index (χ2v) is 5.38. The van der Waals surface area contributed by atoms with Crippen molar-refractivity contribution < 1.29 is 9.18 Å². The zero-order chi connectivity index (χ0) is 14.7. The number of nitrogens with zero attached hydrogens (tertiary/aromatic N) is 2. The first kappa shape index (κ1) is 14.8. The SMILES string of the molecule is CNc1c(F)cccc1C(=O)N1CCCN(C)CC1C. The van der Waals surface area contributed by atoms with E-state index in [0.717, 1.165) is 19.5 Å². The highest BCUT2D eigenvalue weighted by Gasteiger charge is 2.26. The maximum atomic E-state index is 13.8. The van der Waals surface area contributed by atoms with Gasteiger partial charge in [0.15, 0.2) is 0 Å². The fourth-order valence-electron chi connectivity index (χ4n) is 2.79. The van der Waals surface area contributed by atoms with E-state index in [-0.39, 0.29) is 17.6 Å². The lowest BCUT2D eigenvalue weighted by Gasteiger charge is -2.28. The third-order valence-corrected chi connectivity index (χ3v) is 3.80. The van der Waals surface area contributed by atoms with Gasteiger partial charge in [0.1, 0.15) is 5.82 Å². The van der Waals surface area contributed by atoms with Crippen molar-refractivity contribution in [2.75, 3.05) is 39.0 Å². The average molecular weight is 279 g/mol. The maximum absolute atomic E-state index is 13.8. The maximum Gasteiger partial charge on any atom is 0.256 e. The number of benzene rings is 1. The van der Waals surface area contributed by atoms with E-state index in [9.17, 15) is 9.18 Å². The molecule has 0 aromatic heterocycles. The molecule has 5 heteroatoms. The number of anilines is 1. The zero-order valence-corrected chi connectivity index (χ0v) is 12.3. The van der Waals surface area contributed by atoms with Gasteiger partial charge in [0, 0.05) is 26.2 Å². The number of hydrogen-bond donors (Lipinski definition) is 1. The molecule has 1 amide bonds. The van der Waals surface area contributed by atoms with E-state index in [4.69, 9.17) is 0 Å². The monoisotopic (exact) mass is 279 g/mol. The number of para-hydroxylation sites is 1. The zero-order valence-electron chi connectivity index (χ0n) is 12.3. The Morgan fingerprint density at radius 2 is 2.15 bits per heavy atom. The van der Waals surface area contributed by atoms with Gasteiger partial charge in [-0.15, -0.1) is 0 Å². The Kier molecular flexibility index (Phi) is 4.60. The first-order valence-corrected chi connectivity index (χ1v) is 7.00. The molecule has 110 valence electrons. The third-order valence-electron chi connectivity index (χ3n) is 3.80. The van der Waals surface area contributed by atoms with E-state index in [1.807, 2.05) is 11.8 Å². The van der Waals surface area contributed by atoms with Crippen LogP contribution in [0.3, 0.4) is 0 Å². The topological polar surface area (TPSA) is 35.6 Å². The van der Waals surface area contributed by atoms with Crippen LogP contribution in [0.25, 0.3) is 0 Å². The summed E-state index contributed by atoms with van der Waals surface area (Å²) in [6.45, 7) is 4.58. The number of amides is 1. The molecule has 1 aromatic rings. The van der Waals surface area contributed by atoms with Gasteiger partial charge in [0.05, 0.1) is 11.3 Å². The van der Waals surface area contributed by atoms with Crippen molar-refractivity contribution >= 4 is 11.6 Å². The first-order valence-electron chi connectivity index (χ1n) is 7.00. The number of hydrogen-bond acceptors (Lipinski definition) is 3. The summed E-state index contributed by atoms with van der Waals surface area (Å²) in [6.07, 6.45) is 0.941. The summed E-state index contributed by atoms with van der Waals surface area (Å²) in [7, 11) is 3.69. The van der Waals surface area contributed by atoms with Gasteiger partial charge >= 0.3 is 0 Å². The van der Waals surface area contributed by atoms with Crippen LogP contribution < -0.4 is 5.32 Å². The molecule has 0 radical (unpaired) electrons. The van der Waals surface area contributed by atoms with Gasteiger partial charge in [-0.25, -0.2) is 4.39 Å². The molecule has 20 heavy (non-hydrogen) atoms. The highest BCUT2D eigenvalue weighted by atomic mass is 19.1. The van der Waals surface area contributed by atoms with Crippen molar-refractivity contribution in [3.05, 3.63) is 29.6 Å². The molecule has 1 fully saturated rings. The molecule has 2 rings (SSSR count). The lowest BCUT2D eigenvalue weighted by atomic mass is 10.1. The molecule has 4 nitrogen and oxygen atoms in total. The lowest BCUT2D eigenvalue weighted by Crippen LogP contribution is -2.42. The smallest absolute Gasteiger partial charge is 0.256 e. The summed E-state index contributed by atoms with van der Waals surface area (Å²) in [5.41, 5.74) is 0.686.